The minimum absolute atomic E-state index is 0.329. The van der Waals surface area contributed by atoms with Crippen LogP contribution in [0.3, 0.4) is 0 Å². The summed E-state index contributed by atoms with van der Waals surface area (Å²) in [6.07, 6.45) is 2.56. The molecule has 4 nitrogen and oxygen atoms in total. The van der Waals surface area contributed by atoms with E-state index in [1.165, 1.54) is 17.7 Å². The lowest BCUT2D eigenvalue weighted by atomic mass is 10.1. The number of hydrogen-bond donors (Lipinski definition) is 1. The predicted molar refractivity (Wildman–Crippen MR) is 103 cm³/mol. The van der Waals surface area contributed by atoms with Crippen LogP contribution in [0.25, 0.3) is 0 Å². The second kappa shape index (κ2) is 8.71. The van der Waals surface area contributed by atoms with Crippen LogP contribution >= 0.6 is 0 Å². The number of nitrogens with one attached hydrogen (secondary N) is 1. The Morgan fingerprint density at radius 2 is 1.93 bits per heavy atom. The summed E-state index contributed by atoms with van der Waals surface area (Å²) in [7, 11) is 0. The normalized spacial score (nSPS) is 23.5. The number of alkyl halides is 3. The highest BCUT2D eigenvalue weighted by Gasteiger charge is 2.38. The molecule has 1 aliphatic carbocycles. The van der Waals surface area contributed by atoms with Crippen LogP contribution in [0, 0.1) is 5.92 Å². The van der Waals surface area contributed by atoms with Gasteiger partial charge < -0.3 is 14.8 Å². The Morgan fingerprint density at radius 3 is 2.62 bits per heavy atom. The van der Waals surface area contributed by atoms with E-state index in [2.05, 4.69) is 16.4 Å². The molecule has 1 N–H and O–H groups in total. The summed E-state index contributed by atoms with van der Waals surface area (Å²) >= 11 is 0. The van der Waals surface area contributed by atoms with Crippen molar-refractivity contribution >= 4 is 0 Å². The molecule has 2 aliphatic rings. The maximum Gasteiger partial charge on any atom is 0.416 e. The van der Waals surface area contributed by atoms with Crippen LogP contribution in [0.1, 0.15) is 41.9 Å². The molecule has 1 aromatic carbocycles. The summed E-state index contributed by atoms with van der Waals surface area (Å²) in [5, 5.41) is 3.31. The Hall–Kier alpha value is -2.12. The molecule has 3 unspecified atom stereocenters. The van der Waals surface area contributed by atoms with Crippen molar-refractivity contribution in [3.05, 3.63) is 59.4 Å². The zero-order valence-corrected chi connectivity index (χ0v) is 16.1. The minimum Gasteiger partial charge on any atom is -0.490 e. The first-order valence-electron chi connectivity index (χ1n) is 10.0. The highest BCUT2D eigenvalue weighted by atomic mass is 19.4. The van der Waals surface area contributed by atoms with Crippen LogP contribution < -0.4 is 10.1 Å². The van der Waals surface area contributed by atoms with Gasteiger partial charge in [0.05, 0.1) is 18.4 Å². The number of halogens is 3. The number of benzene rings is 1. The summed E-state index contributed by atoms with van der Waals surface area (Å²) in [6.45, 7) is 2.67. The van der Waals surface area contributed by atoms with Gasteiger partial charge in [0.25, 0.3) is 0 Å². The van der Waals surface area contributed by atoms with Crippen molar-refractivity contribution in [2.24, 2.45) is 5.92 Å². The molecule has 7 heteroatoms. The fraction of sp³-hybridized carbons (Fsp3) is 0.500. The van der Waals surface area contributed by atoms with Crippen molar-refractivity contribution < 1.29 is 22.6 Å². The van der Waals surface area contributed by atoms with Gasteiger partial charge in [-0.1, -0.05) is 12.1 Å². The molecule has 4 rings (SSSR count). The molecule has 2 fully saturated rings. The fourth-order valence-electron chi connectivity index (χ4n) is 3.59. The topological polar surface area (TPSA) is 43.4 Å². The number of rotatable bonds is 9. The van der Waals surface area contributed by atoms with Crippen molar-refractivity contribution in [2.75, 3.05) is 19.8 Å². The Kier molecular flexibility index (Phi) is 6.06. The summed E-state index contributed by atoms with van der Waals surface area (Å²) < 4.78 is 49.2. The maximum absolute atomic E-state index is 12.6. The second-order valence-electron chi connectivity index (χ2n) is 7.84. The zero-order valence-electron chi connectivity index (χ0n) is 16.1. The van der Waals surface area contributed by atoms with Gasteiger partial charge in [-0.2, -0.15) is 13.2 Å². The number of ether oxygens (including phenoxy) is 2. The number of pyridine rings is 1. The van der Waals surface area contributed by atoms with E-state index in [1.54, 1.807) is 6.20 Å². The molecule has 1 saturated carbocycles. The first-order valence-corrected chi connectivity index (χ1v) is 10.0. The van der Waals surface area contributed by atoms with Crippen LogP contribution in [-0.2, 0) is 17.5 Å². The second-order valence-corrected chi connectivity index (χ2v) is 7.84. The van der Waals surface area contributed by atoms with Gasteiger partial charge in [0.15, 0.2) is 0 Å². The average Bonchev–Trinajstić information content (AvgIpc) is 3.44. The highest BCUT2D eigenvalue weighted by Crippen LogP contribution is 2.49. The summed E-state index contributed by atoms with van der Waals surface area (Å²) in [4.78, 5) is 4.31. The molecule has 156 valence electrons. The maximum atomic E-state index is 12.6. The predicted octanol–water partition coefficient (Wildman–Crippen LogP) is 4.55. The number of aromatic nitrogens is 1. The van der Waals surface area contributed by atoms with E-state index < -0.39 is 11.7 Å². The quantitative estimate of drug-likeness (QED) is 0.621. The third-order valence-corrected chi connectivity index (χ3v) is 5.65. The van der Waals surface area contributed by atoms with Crippen LogP contribution in [-0.4, -0.2) is 30.8 Å². The largest absolute Gasteiger partial charge is 0.490 e. The minimum atomic E-state index is -4.30. The molecule has 1 saturated heterocycles. The molecule has 1 aliphatic heterocycles. The molecule has 0 radical (unpaired) electrons. The standard InChI is InChI=1S/C22H25F3N2O2/c23-22(24,25)18-3-1-15(2-4-18)13-28-8-6-16-10-21(16)17-9-20(12-26-11-17)29-14-19-5-7-27-19/h1-4,9,11-12,16,19,21,27H,5-8,10,13-14H2. The van der Waals surface area contributed by atoms with Crippen molar-refractivity contribution in [3.63, 3.8) is 0 Å². The highest BCUT2D eigenvalue weighted by molar-refractivity contribution is 5.30. The van der Waals surface area contributed by atoms with Crippen LogP contribution in [0.5, 0.6) is 5.75 Å². The lowest BCUT2D eigenvalue weighted by Gasteiger charge is -2.27. The molecule has 2 aromatic rings. The van der Waals surface area contributed by atoms with Gasteiger partial charge in [0.2, 0.25) is 0 Å². The Morgan fingerprint density at radius 1 is 1.14 bits per heavy atom. The summed E-state index contributed by atoms with van der Waals surface area (Å²) in [5.41, 5.74) is 1.32. The van der Waals surface area contributed by atoms with E-state index >= 15 is 0 Å². The molecule has 0 spiro atoms. The van der Waals surface area contributed by atoms with E-state index in [4.69, 9.17) is 9.47 Å². The van der Waals surface area contributed by atoms with Gasteiger partial charge in [-0.05, 0) is 67.0 Å². The van der Waals surface area contributed by atoms with Crippen molar-refractivity contribution in [2.45, 2.75) is 44.0 Å². The van der Waals surface area contributed by atoms with Crippen molar-refractivity contribution in [3.8, 4) is 5.75 Å². The SMILES string of the molecule is FC(F)(F)c1ccc(COCCC2CC2c2cncc(OCC3CCN3)c2)cc1. The zero-order chi connectivity index (χ0) is 20.3. The van der Waals surface area contributed by atoms with E-state index in [1.807, 2.05) is 6.20 Å². The average molecular weight is 406 g/mol. The first kappa shape index (κ1) is 20.2. The van der Waals surface area contributed by atoms with Crippen LogP contribution in [0.15, 0.2) is 42.7 Å². The molecule has 2 heterocycles. The monoisotopic (exact) mass is 406 g/mol. The van der Waals surface area contributed by atoms with Gasteiger partial charge >= 0.3 is 6.18 Å². The number of hydrogen-bond acceptors (Lipinski definition) is 4. The van der Waals surface area contributed by atoms with Gasteiger partial charge in [0.1, 0.15) is 12.4 Å². The van der Waals surface area contributed by atoms with Crippen molar-refractivity contribution in [1.82, 2.24) is 10.3 Å². The van der Waals surface area contributed by atoms with Crippen LogP contribution in [0.2, 0.25) is 0 Å². The lowest BCUT2D eigenvalue weighted by Crippen LogP contribution is -2.46. The molecule has 0 amide bonds. The van der Waals surface area contributed by atoms with Gasteiger partial charge in [-0.25, -0.2) is 0 Å². The molecule has 1 aromatic heterocycles. The fourth-order valence-corrected chi connectivity index (χ4v) is 3.59. The van der Waals surface area contributed by atoms with Gasteiger partial charge in [-0.3, -0.25) is 4.98 Å². The molecule has 29 heavy (non-hydrogen) atoms. The van der Waals surface area contributed by atoms with Crippen molar-refractivity contribution in [1.29, 1.82) is 0 Å². The Balaban J connectivity index is 1.17. The van der Waals surface area contributed by atoms with Gasteiger partial charge in [-0.15, -0.1) is 0 Å². The Labute approximate surface area is 168 Å². The van der Waals surface area contributed by atoms with E-state index in [0.717, 1.165) is 49.3 Å². The van der Waals surface area contributed by atoms with E-state index in [-0.39, 0.29) is 0 Å². The molecular weight excluding hydrogens is 381 g/mol. The molecular formula is C22H25F3N2O2. The van der Waals surface area contributed by atoms with E-state index in [0.29, 0.717) is 37.7 Å². The smallest absolute Gasteiger partial charge is 0.416 e. The third-order valence-electron chi connectivity index (χ3n) is 5.65. The first-order chi connectivity index (χ1) is 14.0. The summed E-state index contributed by atoms with van der Waals surface area (Å²) in [6, 6.07) is 7.67. The number of nitrogens with zero attached hydrogens (tertiary/aromatic N) is 1. The van der Waals surface area contributed by atoms with Crippen LogP contribution in [0.4, 0.5) is 13.2 Å². The van der Waals surface area contributed by atoms with E-state index in [9.17, 15) is 13.2 Å². The molecule has 3 atom stereocenters. The van der Waals surface area contributed by atoms with Gasteiger partial charge in [0, 0.05) is 18.8 Å². The lowest BCUT2D eigenvalue weighted by molar-refractivity contribution is -0.137. The Bertz CT molecular complexity index is 806. The molecule has 0 bridgehead atoms. The summed E-state index contributed by atoms with van der Waals surface area (Å²) in [5.74, 6) is 1.87. The third kappa shape index (κ3) is 5.48.